The van der Waals surface area contributed by atoms with Crippen LogP contribution in [0.3, 0.4) is 0 Å². The van der Waals surface area contributed by atoms with Crippen molar-refractivity contribution < 1.29 is 8.42 Å². The molecule has 1 heterocycles. The Hall–Kier alpha value is -2.02. The van der Waals surface area contributed by atoms with Crippen molar-refractivity contribution in [2.24, 2.45) is 4.99 Å². The summed E-state index contributed by atoms with van der Waals surface area (Å²) in [6, 6.07) is 6.01. The summed E-state index contributed by atoms with van der Waals surface area (Å²) in [7, 11) is -1.76. The number of rotatable bonds is 2. The molecule has 96 valence electrons. The summed E-state index contributed by atoms with van der Waals surface area (Å²) in [6.07, 6.45) is 3.31. The van der Waals surface area contributed by atoms with Crippen molar-refractivity contribution in [3.05, 3.63) is 36.7 Å². The number of nitrogens with zero attached hydrogens (tertiary/aromatic N) is 2. The van der Waals surface area contributed by atoms with E-state index in [1.165, 1.54) is 12.1 Å². The van der Waals surface area contributed by atoms with Crippen LogP contribution in [0.2, 0.25) is 0 Å². The van der Waals surface area contributed by atoms with Crippen LogP contribution >= 0.6 is 0 Å². The van der Waals surface area contributed by atoms with E-state index >= 15 is 0 Å². The van der Waals surface area contributed by atoms with Crippen molar-refractivity contribution in [2.75, 3.05) is 19.3 Å². The van der Waals surface area contributed by atoms with E-state index in [4.69, 9.17) is 5.73 Å². The predicted octanol–water partition coefficient (Wildman–Crippen LogP) is 0.362. The van der Waals surface area contributed by atoms with Crippen molar-refractivity contribution in [1.29, 1.82) is 0 Å². The molecule has 0 bridgehead atoms. The van der Waals surface area contributed by atoms with Gasteiger partial charge in [0.2, 0.25) is 0 Å². The van der Waals surface area contributed by atoms with Gasteiger partial charge in [-0.3, -0.25) is 4.72 Å². The minimum atomic E-state index is -3.60. The van der Waals surface area contributed by atoms with Crippen molar-refractivity contribution >= 4 is 21.5 Å². The molecule has 0 fully saturated rings. The number of anilines is 1. The lowest BCUT2D eigenvalue weighted by molar-refractivity contribution is 0.512. The Balaban J connectivity index is 2.20. The molecule has 0 atom stereocenters. The molecule has 1 aliphatic heterocycles. The number of nitrogen functional groups attached to an aromatic ring is 1. The van der Waals surface area contributed by atoms with Crippen LogP contribution in [-0.2, 0) is 10.0 Å². The predicted molar refractivity (Wildman–Crippen MR) is 70.4 cm³/mol. The van der Waals surface area contributed by atoms with Gasteiger partial charge in [-0.2, -0.15) is 0 Å². The number of hydrogen-bond donors (Lipinski definition) is 2. The second-order valence-electron chi connectivity index (χ2n) is 3.96. The van der Waals surface area contributed by atoms with E-state index < -0.39 is 10.0 Å². The Bertz CT molecular complexity index is 590. The van der Waals surface area contributed by atoms with Crippen LogP contribution in [0.15, 0.2) is 46.6 Å². The lowest BCUT2D eigenvalue weighted by Crippen LogP contribution is -2.38. The van der Waals surface area contributed by atoms with E-state index in [0.29, 0.717) is 18.1 Å². The highest BCUT2D eigenvalue weighted by atomic mass is 32.2. The molecular formula is C11H14N4O2S. The molecule has 0 radical (unpaired) electrons. The largest absolute Gasteiger partial charge is 0.399 e. The second-order valence-corrected chi connectivity index (χ2v) is 5.65. The van der Waals surface area contributed by atoms with Crippen LogP contribution in [0.25, 0.3) is 0 Å². The molecule has 0 saturated carbocycles. The quantitative estimate of drug-likeness (QED) is 0.757. The van der Waals surface area contributed by atoms with Crippen LogP contribution < -0.4 is 10.5 Å². The Morgan fingerprint density at radius 1 is 1.33 bits per heavy atom. The molecule has 2 rings (SSSR count). The number of likely N-dealkylation sites (N-methyl/N-ethyl adjacent to an activating group) is 1. The molecule has 3 N–H and O–H groups in total. The maximum absolute atomic E-state index is 12.0. The summed E-state index contributed by atoms with van der Waals surface area (Å²) in [5.74, 6) is 0.386. The maximum atomic E-state index is 12.0. The molecule has 7 heteroatoms. The Labute approximate surface area is 106 Å². The van der Waals surface area contributed by atoms with Gasteiger partial charge in [0.15, 0.2) is 0 Å². The van der Waals surface area contributed by atoms with Gasteiger partial charge in [-0.05, 0) is 24.3 Å². The van der Waals surface area contributed by atoms with Crippen molar-refractivity contribution in [3.63, 3.8) is 0 Å². The Kier molecular flexibility index (Phi) is 3.24. The molecular weight excluding hydrogens is 252 g/mol. The lowest BCUT2D eigenvalue weighted by Gasteiger charge is -2.19. The molecule has 6 nitrogen and oxygen atoms in total. The SMILES string of the molecule is CN1C=CN=C(NS(=O)(=O)c2ccc(N)cc2)C1. The van der Waals surface area contributed by atoms with E-state index in [-0.39, 0.29) is 4.90 Å². The standard InChI is InChI=1S/C11H14N4O2S/c1-15-7-6-13-11(8-15)14-18(16,17)10-4-2-9(12)3-5-10/h2-7H,8,12H2,1H3,(H,13,14). The first-order valence-corrected chi connectivity index (χ1v) is 6.78. The summed E-state index contributed by atoms with van der Waals surface area (Å²) in [5, 5.41) is 0. The molecule has 0 saturated heterocycles. The van der Waals surface area contributed by atoms with Crippen molar-refractivity contribution in [3.8, 4) is 0 Å². The molecule has 1 aromatic carbocycles. The average molecular weight is 266 g/mol. The highest BCUT2D eigenvalue weighted by Gasteiger charge is 2.17. The van der Waals surface area contributed by atoms with E-state index in [1.807, 2.05) is 11.9 Å². The summed E-state index contributed by atoms with van der Waals surface area (Å²) >= 11 is 0. The maximum Gasteiger partial charge on any atom is 0.262 e. The normalized spacial score (nSPS) is 15.4. The lowest BCUT2D eigenvalue weighted by atomic mass is 10.3. The van der Waals surface area contributed by atoms with Gasteiger partial charge >= 0.3 is 0 Å². The first kappa shape index (κ1) is 12.4. The molecule has 0 aliphatic carbocycles. The summed E-state index contributed by atoms with van der Waals surface area (Å²) < 4.78 is 26.5. The molecule has 0 amide bonds. The van der Waals surface area contributed by atoms with E-state index in [9.17, 15) is 8.42 Å². The van der Waals surface area contributed by atoms with Gasteiger partial charge in [-0.15, -0.1) is 0 Å². The monoisotopic (exact) mass is 266 g/mol. The molecule has 1 aliphatic rings. The summed E-state index contributed by atoms with van der Waals surface area (Å²) in [4.78, 5) is 5.98. The minimum absolute atomic E-state index is 0.164. The third kappa shape index (κ3) is 2.80. The number of amidine groups is 1. The van der Waals surface area contributed by atoms with E-state index in [2.05, 4.69) is 9.71 Å². The summed E-state index contributed by atoms with van der Waals surface area (Å²) in [5.41, 5.74) is 6.04. The minimum Gasteiger partial charge on any atom is -0.399 e. The number of nitrogens with two attached hydrogens (primary N) is 1. The van der Waals surface area contributed by atoms with Gasteiger partial charge < -0.3 is 10.6 Å². The van der Waals surface area contributed by atoms with Crippen LogP contribution in [0.1, 0.15) is 0 Å². The molecule has 18 heavy (non-hydrogen) atoms. The smallest absolute Gasteiger partial charge is 0.262 e. The van der Waals surface area contributed by atoms with Crippen LogP contribution in [0.5, 0.6) is 0 Å². The van der Waals surface area contributed by atoms with Gasteiger partial charge in [0.05, 0.1) is 11.4 Å². The van der Waals surface area contributed by atoms with Gasteiger partial charge in [0.25, 0.3) is 10.0 Å². The number of sulfonamides is 1. The fourth-order valence-electron chi connectivity index (χ4n) is 1.49. The number of aliphatic imine (C=N–C) groups is 1. The third-order valence-electron chi connectivity index (χ3n) is 2.39. The van der Waals surface area contributed by atoms with E-state index in [0.717, 1.165) is 0 Å². The van der Waals surface area contributed by atoms with Gasteiger partial charge in [-0.25, -0.2) is 13.4 Å². The number of hydrogen-bond acceptors (Lipinski definition) is 5. The first-order valence-electron chi connectivity index (χ1n) is 5.29. The highest BCUT2D eigenvalue weighted by molar-refractivity contribution is 7.90. The number of benzene rings is 1. The van der Waals surface area contributed by atoms with Crippen molar-refractivity contribution in [2.45, 2.75) is 4.90 Å². The van der Waals surface area contributed by atoms with Gasteiger partial charge in [0.1, 0.15) is 5.84 Å². The van der Waals surface area contributed by atoms with Crippen LogP contribution in [0.4, 0.5) is 5.69 Å². The fourth-order valence-corrected chi connectivity index (χ4v) is 2.53. The number of nitrogens with one attached hydrogen (secondary N) is 1. The zero-order chi connectivity index (χ0) is 13.2. The second kappa shape index (κ2) is 4.69. The summed E-state index contributed by atoms with van der Waals surface area (Å²) in [6.45, 7) is 0.421. The average Bonchev–Trinajstić information content (AvgIpc) is 2.29. The van der Waals surface area contributed by atoms with Gasteiger partial charge in [-0.1, -0.05) is 0 Å². The first-order chi connectivity index (χ1) is 8.47. The van der Waals surface area contributed by atoms with E-state index in [1.54, 1.807) is 24.5 Å². The van der Waals surface area contributed by atoms with Crippen LogP contribution in [0, 0.1) is 0 Å². The van der Waals surface area contributed by atoms with Crippen molar-refractivity contribution in [1.82, 2.24) is 9.62 Å². The Morgan fingerprint density at radius 2 is 2.00 bits per heavy atom. The molecule has 0 spiro atoms. The Morgan fingerprint density at radius 3 is 2.61 bits per heavy atom. The highest BCUT2D eigenvalue weighted by Crippen LogP contribution is 2.11. The zero-order valence-corrected chi connectivity index (χ0v) is 10.7. The topological polar surface area (TPSA) is 87.8 Å². The zero-order valence-electron chi connectivity index (χ0n) is 9.87. The fraction of sp³-hybridized carbons (Fsp3) is 0.182. The van der Waals surface area contributed by atoms with Gasteiger partial charge in [0, 0.05) is 25.1 Å². The molecule has 0 aromatic heterocycles. The third-order valence-corrected chi connectivity index (χ3v) is 3.79. The molecule has 0 unspecified atom stereocenters. The molecule has 1 aromatic rings. The van der Waals surface area contributed by atoms with Crippen LogP contribution in [-0.4, -0.2) is 32.7 Å².